The predicted octanol–water partition coefficient (Wildman–Crippen LogP) is 7.72. The van der Waals surface area contributed by atoms with Crippen LogP contribution in [0.1, 0.15) is 81.4 Å². The van der Waals surface area contributed by atoms with Gasteiger partial charge in [0.05, 0.1) is 22.6 Å². The van der Waals surface area contributed by atoms with Gasteiger partial charge in [0.15, 0.2) is 17.3 Å². The third-order valence-electron chi connectivity index (χ3n) is 7.68. The van der Waals surface area contributed by atoms with E-state index in [1.165, 1.54) is 18.3 Å². The lowest BCUT2D eigenvalue weighted by atomic mass is 9.95. The Balaban J connectivity index is 1.52. The van der Waals surface area contributed by atoms with E-state index < -0.39 is 29.9 Å². The van der Waals surface area contributed by atoms with Gasteiger partial charge in [-0.2, -0.15) is 0 Å². The van der Waals surface area contributed by atoms with Crippen LogP contribution in [-0.4, -0.2) is 57.7 Å². The number of aromatic nitrogens is 2. The molecule has 0 radical (unpaired) electrons. The molecule has 3 N–H and O–H groups in total. The van der Waals surface area contributed by atoms with Crippen molar-refractivity contribution in [3.63, 3.8) is 0 Å². The number of halogens is 1. The van der Waals surface area contributed by atoms with Gasteiger partial charge in [0.2, 0.25) is 5.91 Å². The number of carboxylic acids is 1. The number of amides is 2. The molecule has 0 fully saturated rings. The van der Waals surface area contributed by atoms with Crippen LogP contribution in [0.5, 0.6) is 11.5 Å². The third kappa shape index (κ3) is 10.3. The number of nitrogens with zero attached hydrogens (tertiary/aromatic N) is 2. The van der Waals surface area contributed by atoms with Crippen LogP contribution in [0.25, 0.3) is 22.5 Å². The second-order valence-electron chi connectivity index (χ2n) is 13.4. The summed E-state index contributed by atoms with van der Waals surface area (Å²) in [5, 5.41) is 15.1. The van der Waals surface area contributed by atoms with E-state index in [4.69, 9.17) is 21.1 Å². The summed E-state index contributed by atoms with van der Waals surface area (Å²) in [5.74, 6) is -0.590. The monoisotopic (exact) mass is 720 g/mol. The van der Waals surface area contributed by atoms with Crippen LogP contribution in [0, 0.1) is 0 Å². The second-order valence-corrected chi connectivity index (χ2v) is 14.8. The van der Waals surface area contributed by atoms with E-state index in [-0.39, 0.29) is 17.9 Å². The molecule has 10 nitrogen and oxygen atoms in total. The number of hydrogen-bond donors (Lipinski definition) is 3. The van der Waals surface area contributed by atoms with Crippen molar-refractivity contribution in [2.24, 2.45) is 0 Å². The zero-order valence-corrected chi connectivity index (χ0v) is 31.1. The molecule has 2 amide bonds. The van der Waals surface area contributed by atoms with Crippen molar-refractivity contribution < 1.29 is 29.0 Å². The van der Waals surface area contributed by atoms with E-state index >= 15 is 0 Å². The van der Waals surface area contributed by atoms with Gasteiger partial charge in [-0.1, -0.05) is 70.0 Å². The van der Waals surface area contributed by atoms with Gasteiger partial charge in [-0.15, -0.1) is 11.3 Å². The first-order chi connectivity index (χ1) is 23.7. The van der Waals surface area contributed by atoms with Gasteiger partial charge in [0, 0.05) is 34.8 Å². The maximum absolute atomic E-state index is 13.2. The molecule has 0 bridgehead atoms. The van der Waals surface area contributed by atoms with Crippen LogP contribution >= 0.6 is 22.9 Å². The quantitative estimate of drug-likeness (QED) is 0.106. The molecule has 266 valence electrons. The third-order valence-corrected chi connectivity index (χ3v) is 9.47. The van der Waals surface area contributed by atoms with Crippen molar-refractivity contribution in [1.29, 1.82) is 0 Å². The second kappa shape index (κ2) is 17.0. The standard InChI is InChI=1S/C38H45ClN4O6S/c1-8-9-16-48-30-19-26(18-28(39)33(30)49-22(2)3)27-20-40-34(41-21-27)25-12-10-24(11-13-25)17-29(35(44)42-23(4)37(46)47)43-36(45)31-14-15-32(50-31)38(5,6)7/h10-15,18-23,29H,8-9,16-17H2,1-7H3,(H,42,44)(H,43,45)(H,46,47). The lowest BCUT2D eigenvalue weighted by Gasteiger charge is -2.20. The Kier molecular flexibility index (Phi) is 13.0. The summed E-state index contributed by atoms with van der Waals surface area (Å²) in [7, 11) is 0. The minimum absolute atomic E-state index is 0.0727. The fourth-order valence-electron chi connectivity index (χ4n) is 4.85. The highest BCUT2D eigenvalue weighted by atomic mass is 35.5. The van der Waals surface area contributed by atoms with E-state index in [2.05, 4.69) is 48.3 Å². The predicted molar refractivity (Wildman–Crippen MR) is 197 cm³/mol. The van der Waals surface area contributed by atoms with Crippen molar-refractivity contribution in [1.82, 2.24) is 20.6 Å². The highest BCUT2D eigenvalue weighted by molar-refractivity contribution is 7.14. The number of carbonyl (C=O) groups excluding carboxylic acids is 2. The largest absolute Gasteiger partial charge is 0.490 e. The number of hydrogen-bond acceptors (Lipinski definition) is 8. The van der Waals surface area contributed by atoms with Crippen molar-refractivity contribution in [2.45, 2.75) is 91.3 Å². The molecule has 50 heavy (non-hydrogen) atoms. The molecule has 2 aromatic heterocycles. The van der Waals surface area contributed by atoms with Crippen molar-refractivity contribution >= 4 is 40.7 Å². The van der Waals surface area contributed by atoms with E-state index in [1.807, 2.05) is 56.3 Å². The number of benzene rings is 2. The Hall–Kier alpha value is -4.48. The number of nitrogens with one attached hydrogen (secondary N) is 2. The molecule has 0 aliphatic heterocycles. The molecule has 0 aliphatic rings. The van der Waals surface area contributed by atoms with Crippen LogP contribution < -0.4 is 20.1 Å². The van der Waals surface area contributed by atoms with Crippen molar-refractivity contribution in [3.05, 3.63) is 81.3 Å². The molecule has 0 aliphatic carbocycles. The van der Waals surface area contributed by atoms with E-state index in [0.717, 1.165) is 40.0 Å². The smallest absolute Gasteiger partial charge is 0.325 e. The Morgan fingerprint density at radius 3 is 2.20 bits per heavy atom. The van der Waals surface area contributed by atoms with Crippen LogP contribution in [-0.2, 0) is 21.4 Å². The fraction of sp³-hybridized carbons (Fsp3) is 0.395. The highest BCUT2D eigenvalue weighted by Crippen LogP contribution is 2.40. The van der Waals surface area contributed by atoms with Crippen LogP contribution in [0.15, 0.2) is 60.9 Å². The lowest BCUT2D eigenvalue weighted by Crippen LogP contribution is -2.51. The van der Waals surface area contributed by atoms with Crippen molar-refractivity contribution in [2.75, 3.05) is 6.61 Å². The molecule has 4 rings (SSSR count). The zero-order valence-electron chi connectivity index (χ0n) is 29.5. The fourth-order valence-corrected chi connectivity index (χ4v) is 6.07. The molecule has 2 heterocycles. The number of carbonyl (C=O) groups is 3. The lowest BCUT2D eigenvalue weighted by molar-refractivity contribution is -0.141. The Morgan fingerprint density at radius 1 is 0.940 bits per heavy atom. The molecule has 2 aromatic carbocycles. The maximum atomic E-state index is 13.2. The zero-order chi connectivity index (χ0) is 36.6. The minimum Gasteiger partial charge on any atom is -0.490 e. The molecule has 0 spiro atoms. The van der Waals surface area contributed by atoms with E-state index in [1.54, 1.807) is 18.5 Å². The number of thiophene rings is 1. The summed E-state index contributed by atoms with van der Waals surface area (Å²) >= 11 is 8.00. The maximum Gasteiger partial charge on any atom is 0.325 e. The molecule has 4 aromatic rings. The summed E-state index contributed by atoms with van der Waals surface area (Å²) in [4.78, 5) is 48.5. The van der Waals surface area contributed by atoms with Crippen LogP contribution in [0.4, 0.5) is 0 Å². The number of carboxylic acid groups (broad SMARTS) is 1. The first-order valence-electron chi connectivity index (χ1n) is 16.6. The van der Waals surface area contributed by atoms with Gasteiger partial charge in [0.1, 0.15) is 12.1 Å². The van der Waals surface area contributed by atoms with Gasteiger partial charge in [-0.05, 0) is 68.0 Å². The molecule has 0 saturated heterocycles. The number of aliphatic carboxylic acids is 1. The van der Waals surface area contributed by atoms with E-state index in [9.17, 15) is 19.5 Å². The normalized spacial score (nSPS) is 12.7. The molecule has 2 unspecified atom stereocenters. The van der Waals surface area contributed by atoms with Crippen LogP contribution in [0.3, 0.4) is 0 Å². The summed E-state index contributed by atoms with van der Waals surface area (Å²) in [6, 6.07) is 12.5. The highest BCUT2D eigenvalue weighted by Gasteiger charge is 2.27. The summed E-state index contributed by atoms with van der Waals surface area (Å²) in [6.45, 7) is 14.1. The first-order valence-corrected chi connectivity index (χ1v) is 17.8. The summed E-state index contributed by atoms with van der Waals surface area (Å²) < 4.78 is 12.0. The summed E-state index contributed by atoms with van der Waals surface area (Å²) in [6.07, 6.45) is 5.40. The average molecular weight is 721 g/mol. The molecular weight excluding hydrogens is 676 g/mol. The topological polar surface area (TPSA) is 140 Å². The minimum atomic E-state index is -1.17. The van der Waals surface area contributed by atoms with Crippen molar-refractivity contribution in [3.8, 4) is 34.0 Å². The Labute approximate surface area is 302 Å². The molecule has 2 atom stereocenters. The number of rotatable bonds is 15. The Morgan fingerprint density at radius 2 is 1.62 bits per heavy atom. The SMILES string of the molecule is CCCCOc1cc(-c2cnc(-c3ccc(CC(NC(=O)c4ccc(C(C)(C)C)s4)C(=O)NC(C)C(=O)O)cc3)nc2)cc(Cl)c1OC(C)C. The van der Waals surface area contributed by atoms with Gasteiger partial charge in [-0.25, -0.2) is 9.97 Å². The number of unbranched alkanes of at least 4 members (excludes halogenated alkanes) is 1. The van der Waals surface area contributed by atoms with Gasteiger partial charge < -0.3 is 25.2 Å². The van der Waals surface area contributed by atoms with Gasteiger partial charge in [0.25, 0.3) is 5.91 Å². The van der Waals surface area contributed by atoms with Crippen LogP contribution in [0.2, 0.25) is 5.02 Å². The number of ether oxygens (including phenoxy) is 2. The average Bonchev–Trinajstić information content (AvgIpc) is 3.58. The Bertz CT molecular complexity index is 1780. The molecule has 0 saturated carbocycles. The molecular formula is C38H45ClN4O6S. The molecule has 12 heteroatoms. The van der Waals surface area contributed by atoms with Gasteiger partial charge >= 0.3 is 5.97 Å². The first kappa shape index (κ1) is 38.3. The van der Waals surface area contributed by atoms with E-state index in [0.29, 0.717) is 33.8 Å². The summed E-state index contributed by atoms with van der Waals surface area (Å²) in [5.41, 5.74) is 2.92. The van der Waals surface area contributed by atoms with Gasteiger partial charge in [-0.3, -0.25) is 14.4 Å².